The molecule has 1 rings (SSSR count). The molecule has 4 nitrogen and oxygen atoms in total. The van der Waals surface area contributed by atoms with Crippen LogP contribution >= 0.6 is 0 Å². The van der Waals surface area contributed by atoms with E-state index in [0.29, 0.717) is 0 Å². The van der Waals surface area contributed by atoms with E-state index in [2.05, 4.69) is 20.1 Å². The lowest BCUT2D eigenvalue weighted by Gasteiger charge is -2.01. The van der Waals surface area contributed by atoms with Crippen molar-refractivity contribution in [2.45, 2.75) is 19.9 Å². The number of hydrogen-bond acceptors (Lipinski definition) is 3. The zero-order valence-electron chi connectivity index (χ0n) is 7.04. The maximum absolute atomic E-state index is 3.89. The highest BCUT2D eigenvalue weighted by atomic mass is 15.2. The van der Waals surface area contributed by atoms with Gasteiger partial charge in [-0.25, -0.2) is 0 Å². The summed E-state index contributed by atoms with van der Waals surface area (Å²) in [7, 11) is 1.96. The fourth-order valence-corrected chi connectivity index (χ4v) is 0.958. The summed E-state index contributed by atoms with van der Waals surface area (Å²) in [5.41, 5.74) is 0. The Hall–Kier alpha value is -0.900. The molecule has 0 saturated heterocycles. The van der Waals surface area contributed by atoms with E-state index in [4.69, 9.17) is 0 Å². The normalized spacial score (nSPS) is 10.4. The van der Waals surface area contributed by atoms with Gasteiger partial charge in [-0.2, -0.15) is 0 Å². The molecule has 1 aromatic heterocycles. The highest BCUT2D eigenvalue weighted by Gasteiger charge is 1.95. The number of hydrogen-bond donors (Lipinski definition) is 1. The summed E-state index contributed by atoms with van der Waals surface area (Å²) in [6, 6.07) is 0. The number of aromatic nitrogens is 3. The van der Waals surface area contributed by atoms with Gasteiger partial charge in [-0.3, -0.25) is 0 Å². The maximum atomic E-state index is 3.89. The molecule has 0 unspecified atom stereocenters. The van der Waals surface area contributed by atoms with Crippen LogP contribution < -0.4 is 5.32 Å². The molecule has 0 fully saturated rings. The predicted molar refractivity (Wildman–Crippen MR) is 43.3 cm³/mol. The minimum Gasteiger partial charge on any atom is -0.320 e. The van der Waals surface area contributed by atoms with E-state index in [-0.39, 0.29) is 0 Å². The first-order valence-electron chi connectivity index (χ1n) is 3.83. The molecule has 0 aromatic carbocycles. The minimum absolute atomic E-state index is 0.987. The van der Waals surface area contributed by atoms with Gasteiger partial charge >= 0.3 is 0 Å². The second kappa shape index (κ2) is 4.08. The van der Waals surface area contributed by atoms with E-state index < -0.39 is 0 Å². The van der Waals surface area contributed by atoms with Crippen molar-refractivity contribution in [1.82, 2.24) is 20.1 Å². The summed E-state index contributed by atoms with van der Waals surface area (Å²) >= 11 is 0. The second-order valence-corrected chi connectivity index (χ2v) is 2.53. The fraction of sp³-hybridized carbons (Fsp3) is 0.714. The van der Waals surface area contributed by atoms with Crippen molar-refractivity contribution in [2.75, 3.05) is 13.6 Å². The van der Waals surface area contributed by atoms with Crippen molar-refractivity contribution in [1.29, 1.82) is 0 Å². The lowest BCUT2D eigenvalue weighted by Crippen LogP contribution is -2.11. The van der Waals surface area contributed by atoms with E-state index in [1.807, 2.05) is 14.0 Å². The molecule has 0 bridgehead atoms. The zero-order valence-corrected chi connectivity index (χ0v) is 7.04. The lowest BCUT2D eigenvalue weighted by molar-refractivity contribution is 0.600. The van der Waals surface area contributed by atoms with Crippen LogP contribution in [0.1, 0.15) is 12.2 Å². The van der Waals surface area contributed by atoms with Gasteiger partial charge in [0.25, 0.3) is 0 Å². The van der Waals surface area contributed by atoms with Gasteiger partial charge in [-0.15, -0.1) is 10.2 Å². The van der Waals surface area contributed by atoms with Crippen LogP contribution in [-0.2, 0) is 6.54 Å². The van der Waals surface area contributed by atoms with Gasteiger partial charge in [0, 0.05) is 6.54 Å². The van der Waals surface area contributed by atoms with Crippen molar-refractivity contribution in [3.8, 4) is 0 Å². The molecule has 0 aliphatic rings. The number of rotatable bonds is 4. The van der Waals surface area contributed by atoms with Crippen LogP contribution in [0.3, 0.4) is 0 Å². The Morgan fingerprint density at radius 3 is 3.00 bits per heavy atom. The third-order valence-electron chi connectivity index (χ3n) is 1.63. The van der Waals surface area contributed by atoms with Crippen LogP contribution in [0, 0.1) is 6.92 Å². The Labute approximate surface area is 66.6 Å². The minimum atomic E-state index is 0.987. The highest BCUT2D eigenvalue weighted by molar-refractivity contribution is 4.79. The van der Waals surface area contributed by atoms with Gasteiger partial charge in [-0.05, 0) is 26.9 Å². The largest absolute Gasteiger partial charge is 0.320 e. The van der Waals surface area contributed by atoms with Gasteiger partial charge < -0.3 is 9.88 Å². The van der Waals surface area contributed by atoms with Crippen molar-refractivity contribution < 1.29 is 0 Å². The fourth-order valence-electron chi connectivity index (χ4n) is 0.958. The van der Waals surface area contributed by atoms with E-state index in [1.165, 1.54) is 0 Å². The van der Waals surface area contributed by atoms with Gasteiger partial charge in [-0.1, -0.05) is 0 Å². The Bertz CT molecular complexity index is 206. The summed E-state index contributed by atoms with van der Waals surface area (Å²) in [5.74, 6) is 0.987. The van der Waals surface area contributed by atoms with Crippen LogP contribution in [0.5, 0.6) is 0 Å². The summed E-state index contributed by atoms with van der Waals surface area (Å²) in [4.78, 5) is 0. The molecular formula is C7H14N4. The molecule has 0 saturated carbocycles. The SMILES string of the molecule is CNCCCn1cnnc1C. The number of nitrogens with zero attached hydrogens (tertiary/aromatic N) is 3. The van der Waals surface area contributed by atoms with Crippen LogP contribution in [0.4, 0.5) is 0 Å². The molecular weight excluding hydrogens is 140 g/mol. The Balaban J connectivity index is 2.32. The van der Waals surface area contributed by atoms with Crippen molar-refractivity contribution >= 4 is 0 Å². The molecule has 11 heavy (non-hydrogen) atoms. The standard InChI is InChI=1S/C7H14N4/c1-7-10-9-6-11(7)5-3-4-8-2/h6,8H,3-5H2,1-2H3. The quantitative estimate of drug-likeness (QED) is 0.630. The average Bonchev–Trinajstić information content (AvgIpc) is 2.37. The van der Waals surface area contributed by atoms with Crippen LogP contribution in [0.15, 0.2) is 6.33 Å². The zero-order chi connectivity index (χ0) is 8.10. The molecule has 0 amide bonds. The van der Waals surface area contributed by atoms with Gasteiger partial charge in [0.15, 0.2) is 0 Å². The van der Waals surface area contributed by atoms with Crippen molar-refractivity contribution in [3.63, 3.8) is 0 Å². The van der Waals surface area contributed by atoms with E-state index in [0.717, 1.165) is 25.3 Å². The van der Waals surface area contributed by atoms with Gasteiger partial charge in [0.2, 0.25) is 0 Å². The molecule has 0 aliphatic carbocycles. The first kappa shape index (κ1) is 8.20. The Morgan fingerprint density at radius 1 is 1.64 bits per heavy atom. The second-order valence-electron chi connectivity index (χ2n) is 2.53. The van der Waals surface area contributed by atoms with Gasteiger partial charge in [0.05, 0.1) is 0 Å². The molecule has 0 aliphatic heterocycles. The molecule has 1 N–H and O–H groups in total. The third kappa shape index (κ3) is 2.31. The smallest absolute Gasteiger partial charge is 0.129 e. The summed E-state index contributed by atoms with van der Waals surface area (Å²) in [6.07, 6.45) is 2.89. The Kier molecular flexibility index (Phi) is 3.04. The van der Waals surface area contributed by atoms with Crippen LogP contribution in [0.25, 0.3) is 0 Å². The molecule has 0 spiro atoms. The van der Waals surface area contributed by atoms with E-state index >= 15 is 0 Å². The Morgan fingerprint density at radius 2 is 2.45 bits per heavy atom. The molecule has 1 heterocycles. The lowest BCUT2D eigenvalue weighted by atomic mass is 10.4. The molecule has 62 valence electrons. The molecule has 0 radical (unpaired) electrons. The predicted octanol–water partition coefficient (Wildman–Crippen LogP) is 0.196. The third-order valence-corrected chi connectivity index (χ3v) is 1.63. The van der Waals surface area contributed by atoms with Crippen LogP contribution in [0.2, 0.25) is 0 Å². The van der Waals surface area contributed by atoms with Crippen molar-refractivity contribution in [3.05, 3.63) is 12.2 Å². The van der Waals surface area contributed by atoms with E-state index in [9.17, 15) is 0 Å². The van der Waals surface area contributed by atoms with E-state index in [1.54, 1.807) is 6.33 Å². The first-order valence-corrected chi connectivity index (χ1v) is 3.83. The maximum Gasteiger partial charge on any atom is 0.129 e. The average molecular weight is 154 g/mol. The molecule has 0 atom stereocenters. The summed E-state index contributed by atoms with van der Waals surface area (Å²) in [6.45, 7) is 4.00. The molecule has 4 heteroatoms. The number of nitrogens with one attached hydrogen (secondary N) is 1. The summed E-state index contributed by atoms with van der Waals surface area (Å²) < 4.78 is 2.05. The topological polar surface area (TPSA) is 42.7 Å². The van der Waals surface area contributed by atoms with Gasteiger partial charge in [0.1, 0.15) is 12.2 Å². The van der Waals surface area contributed by atoms with Crippen LogP contribution in [-0.4, -0.2) is 28.4 Å². The van der Waals surface area contributed by atoms with Crippen molar-refractivity contribution in [2.24, 2.45) is 0 Å². The summed E-state index contributed by atoms with van der Waals surface area (Å²) in [5, 5.41) is 10.8. The first-order chi connectivity index (χ1) is 5.34. The highest BCUT2D eigenvalue weighted by Crippen LogP contribution is 1.93. The number of aryl methyl sites for hydroxylation is 2. The monoisotopic (exact) mass is 154 g/mol. The molecule has 1 aromatic rings.